The van der Waals surface area contributed by atoms with Gasteiger partial charge >= 0.3 is 5.69 Å². The maximum atomic E-state index is 10.9. The molecule has 1 aromatic carbocycles. The molecule has 6 nitrogen and oxygen atoms in total. The molecule has 1 saturated heterocycles. The van der Waals surface area contributed by atoms with Crippen LogP contribution >= 0.6 is 0 Å². The third-order valence-corrected chi connectivity index (χ3v) is 3.14. The summed E-state index contributed by atoms with van der Waals surface area (Å²) in [6.45, 7) is 2.31. The first-order valence-electron chi connectivity index (χ1n) is 6.03. The van der Waals surface area contributed by atoms with E-state index in [4.69, 9.17) is 10.5 Å². The van der Waals surface area contributed by atoms with E-state index in [0.717, 1.165) is 26.1 Å². The molecule has 1 unspecified atom stereocenters. The summed E-state index contributed by atoms with van der Waals surface area (Å²) < 4.78 is 5.28. The third kappa shape index (κ3) is 2.89. The molecule has 0 radical (unpaired) electrons. The van der Waals surface area contributed by atoms with Crippen LogP contribution in [0.5, 0.6) is 0 Å². The Labute approximate surface area is 105 Å². The van der Waals surface area contributed by atoms with Crippen molar-refractivity contribution in [1.82, 2.24) is 0 Å². The van der Waals surface area contributed by atoms with E-state index in [1.54, 1.807) is 12.1 Å². The van der Waals surface area contributed by atoms with Gasteiger partial charge in [0.1, 0.15) is 11.4 Å². The lowest BCUT2D eigenvalue weighted by atomic mass is 10.1. The Hall–Kier alpha value is -1.82. The number of benzene rings is 1. The molecular weight excluding hydrogens is 234 g/mol. The average molecular weight is 251 g/mol. The topological polar surface area (TPSA) is 90.4 Å². The predicted molar refractivity (Wildman–Crippen MR) is 69.5 cm³/mol. The first-order valence-corrected chi connectivity index (χ1v) is 6.03. The van der Waals surface area contributed by atoms with E-state index in [1.165, 1.54) is 6.07 Å². The molecule has 0 saturated carbocycles. The van der Waals surface area contributed by atoms with Crippen LogP contribution in [0.1, 0.15) is 12.8 Å². The molecule has 0 bridgehead atoms. The summed E-state index contributed by atoms with van der Waals surface area (Å²) in [5.74, 6) is 0.553. The van der Waals surface area contributed by atoms with Crippen molar-refractivity contribution >= 4 is 17.1 Å². The van der Waals surface area contributed by atoms with E-state index in [1.807, 2.05) is 0 Å². The number of rotatable bonds is 5. The minimum absolute atomic E-state index is 0.0415. The number of nitrogens with zero attached hydrogens (tertiary/aromatic N) is 1. The maximum absolute atomic E-state index is 10.9. The second kappa shape index (κ2) is 5.68. The lowest BCUT2D eigenvalue weighted by molar-refractivity contribution is -0.383. The second-order valence-electron chi connectivity index (χ2n) is 4.45. The first-order chi connectivity index (χ1) is 8.68. The molecule has 0 aliphatic carbocycles. The van der Waals surface area contributed by atoms with Crippen LogP contribution in [-0.4, -0.2) is 24.7 Å². The van der Waals surface area contributed by atoms with Gasteiger partial charge in [-0.1, -0.05) is 6.07 Å². The monoisotopic (exact) mass is 251 g/mol. The van der Waals surface area contributed by atoms with Crippen molar-refractivity contribution in [3.63, 3.8) is 0 Å². The molecule has 1 heterocycles. The summed E-state index contributed by atoms with van der Waals surface area (Å²) in [6, 6.07) is 4.93. The summed E-state index contributed by atoms with van der Waals surface area (Å²) in [4.78, 5) is 10.5. The molecule has 1 aliphatic heterocycles. The van der Waals surface area contributed by atoms with Gasteiger partial charge in [-0.05, 0) is 30.9 Å². The lowest BCUT2D eigenvalue weighted by Gasteiger charge is -2.10. The third-order valence-electron chi connectivity index (χ3n) is 3.14. The standard InChI is InChI=1S/C12H17N3O3/c13-10-2-1-3-11(12(10)15(16)17)14-6-4-9-5-7-18-8-9/h1-3,9,14H,4-8,13H2. The number of hydrogen-bond acceptors (Lipinski definition) is 5. The Morgan fingerprint density at radius 1 is 1.56 bits per heavy atom. The van der Waals surface area contributed by atoms with Crippen molar-refractivity contribution in [1.29, 1.82) is 0 Å². The quantitative estimate of drug-likeness (QED) is 0.474. The van der Waals surface area contributed by atoms with Gasteiger partial charge in [-0.15, -0.1) is 0 Å². The predicted octanol–water partition coefficient (Wildman–Crippen LogP) is 2.02. The van der Waals surface area contributed by atoms with Crippen LogP contribution in [0.4, 0.5) is 17.1 Å². The minimum atomic E-state index is -0.448. The number of nitrogens with two attached hydrogens (primary N) is 1. The molecule has 3 N–H and O–H groups in total. The molecule has 2 rings (SSSR count). The van der Waals surface area contributed by atoms with Gasteiger partial charge in [0.05, 0.1) is 4.92 Å². The van der Waals surface area contributed by atoms with Crippen LogP contribution in [0, 0.1) is 16.0 Å². The van der Waals surface area contributed by atoms with Gasteiger partial charge < -0.3 is 15.8 Å². The SMILES string of the molecule is Nc1cccc(NCCC2CCOC2)c1[N+](=O)[O-]. The van der Waals surface area contributed by atoms with Crippen molar-refractivity contribution < 1.29 is 9.66 Å². The van der Waals surface area contributed by atoms with Crippen molar-refractivity contribution in [2.24, 2.45) is 5.92 Å². The number of para-hydroxylation sites is 1. The molecule has 0 aromatic heterocycles. The van der Waals surface area contributed by atoms with Crippen molar-refractivity contribution in [2.75, 3.05) is 30.8 Å². The van der Waals surface area contributed by atoms with Crippen LogP contribution in [-0.2, 0) is 4.74 Å². The number of nitro benzene ring substituents is 1. The number of anilines is 2. The van der Waals surface area contributed by atoms with Crippen LogP contribution in [0.3, 0.4) is 0 Å². The summed E-state index contributed by atoms with van der Waals surface area (Å²) in [5, 5.41) is 14.0. The molecule has 18 heavy (non-hydrogen) atoms. The minimum Gasteiger partial charge on any atom is -0.393 e. The van der Waals surface area contributed by atoms with Gasteiger partial charge in [-0.2, -0.15) is 0 Å². The smallest absolute Gasteiger partial charge is 0.314 e. The molecule has 0 amide bonds. The Bertz CT molecular complexity index is 431. The summed E-state index contributed by atoms with van der Waals surface area (Å²) in [5.41, 5.74) is 6.25. The molecule has 98 valence electrons. The van der Waals surface area contributed by atoms with E-state index in [9.17, 15) is 10.1 Å². The average Bonchev–Trinajstić information content (AvgIpc) is 2.81. The van der Waals surface area contributed by atoms with Crippen molar-refractivity contribution in [2.45, 2.75) is 12.8 Å². The zero-order chi connectivity index (χ0) is 13.0. The molecule has 1 aromatic rings. The van der Waals surface area contributed by atoms with Crippen LogP contribution in [0.2, 0.25) is 0 Å². The number of ether oxygens (including phenoxy) is 1. The molecular formula is C12H17N3O3. The van der Waals surface area contributed by atoms with Gasteiger partial charge in [0.25, 0.3) is 0 Å². The molecule has 1 fully saturated rings. The Balaban J connectivity index is 1.96. The summed E-state index contributed by atoms with van der Waals surface area (Å²) >= 11 is 0. The lowest BCUT2D eigenvalue weighted by Crippen LogP contribution is -2.10. The summed E-state index contributed by atoms with van der Waals surface area (Å²) in [6.07, 6.45) is 2.02. The van der Waals surface area contributed by atoms with Gasteiger partial charge in [0.15, 0.2) is 0 Å². The maximum Gasteiger partial charge on any atom is 0.314 e. The van der Waals surface area contributed by atoms with Gasteiger partial charge in [-0.25, -0.2) is 0 Å². The van der Waals surface area contributed by atoms with E-state index in [-0.39, 0.29) is 11.4 Å². The number of nitrogens with one attached hydrogen (secondary N) is 1. The fourth-order valence-electron chi connectivity index (χ4n) is 2.13. The van der Waals surface area contributed by atoms with E-state index < -0.39 is 4.92 Å². The van der Waals surface area contributed by atoms with Crippen LogP contribution < -0.4 is 11.1 Å². The van der Waals surface area contributed by atoms with E-state index >= 15 is 0 Å². The highest BCUT2D eigenvalue weighted by atomic mass is 16.6. The van der Waals surface area contributed by atoms with E-state index in [2.05, 4.69) is 5.32 Å². The largest absolute Gasteiger partial charge is 0.393 e. The zero-order valence-electron chi connectivity index (χ0n) is 10.1. The normalized spacial score (nSPS) is 18.8. The van der Waals surface area contributed by atoms with Crippen LogP contribution in [0.15, 0.2) is 18.2 Å². The fraction of sp³-hybridized carbons (Fsp3) is 0.500. The highest BCUT2D eigenvalue weighted by Crippen LogP contribution is 2.30. The van der Waals surface area contributed by atoms with Crippen LogP contribution in [0.25, 0.3) is 0 Å². The van der Waals surface area contributed by atoms with Gasteiger partial charge in [0.2, 0.25) is 0 Å². The molecule has 1 atom stereocenters. The number of nitrogen functional groups attached to an aromatic ring is 1. The van der Waals surface area contributed by atoms with E-state index in [0.29, 0.717) is 18.2 Å². The van der Waals surface area contributed by atoms with Gasteiger partial charge in [0, 0.05) is 19.8 Å². The molecule has 1 aliphatic rings. The Morgan fingerprint density at radius 3 is 3.06 bits per heavy atom. The Kier molecular flexibility index (Phi) is 3.99. The highest BCUT2D eigenvalue weighted by Gasteiger charge is 2.18. The van der Waals surface area contributed by atoms with Crippen molar-refractivity contribution in [3.05, 3.63) is 28.3 Å². The molecule has 6 heteroatoms. The molecule has 0 spiro atoms. The summed E-state index contributed by atoms with van der Waals surface area (Å²) in [7, 11) is 0. The van der Waals surface area contributed by atoms with Crippen molar-refractivity contribution in [3.8, 4) is 0 Å². The second-order valence-corrected chi connectivity index (χ2v) is 4.45. The Morgan fingerprint density at radius 2 is 2.39 bits per heavy atom. The number of nitro groups is 1. The first kappa shape index (κ1) is 12.6. The fourth-order valence-corrected chi connectivity index (χ4v) is 2.13. The van der Waals surface area contributed by atoms with Gasteiger partial charge in [-0.3, -0.25) is 10.1 Å². The number of hydrogen-bond donors (Lipinski definition) is 2. The highest BCUT2D eigenvalue weighted by molar-refractivity contribution is 5.74. The zero-order valence-corrected chi connectivity index (χ0v) is 10.1.